The van der Waals surface area contributed by atoms with E-state index in [1.54, 1.807) is 6.20 Å². The zero-order chi connectivity index (χ0) is 21.5. The van der Waals surface area contributed by atoms with Gasteiger partial charge in [-0.15, -0.1) is 10.2 Å². The summed E-state index contributed by atoms with van der Waals surface area (Å²) >= 11 is 0. The summed E-state index contributed by atoms with van der Waals surface area (Å²) in [6.07, 6.45) is 1.70. The van der Waals surface area contributed by atoms with Crippen molar-refractivity contribution in [1.82, 2.24) is 19.5 Å². The van der Waals surface area contributed by atoms with Gasteiger partial charge in [-0.1, -0.05) is 24.3 Å². The number of hydrogen-bond acceptors (Lipinski definition) is 8. The molecular formula is C21H24N6O3S. The predicted molar refractivity (Wildman–Crippen MR) is 119 cm³/mol. The van der Waals surface area contributed by atoms with E-state index in [4.69, 9.17) is 4.74 Å². The van der Waals surface area contributed by atoms with Crippen LogP contribution in [0, 0.1) is 0 Å². The molecule has 0 amide bonds. The number of ether oxygens (including phenoxy) is 1. The number of hydrogen-bond donors (Lipinski definition) is 1. The van der Waals surface area contributed by atoms with Gasteiger partial charge in [-0.25, -0.2) is 13.4 Å². The van der Waals surface area contributed by atoms with Crippen LogP contribution in [0.3, 0.4) is 0 Å². The molecule has 0 bridgehead atoms. The predicted octanol–water partition coefficient (Wildman–Crippen LogP) is 2.15. The molecule has 1 N–H and O–H groups in total. The first-order valence-corrected chi connectivity index (χ1v) is 11.6. The molecule has 1 fully saturated rings. The summed E-state index contributed by atoms with van der Waals surface area (Å²) in [7, 11) is -3.37. The molecule has 0 atom stereocenters. The second kappa shape index (κ2) is 9.71. The summed E-state index contributed by atoms with van der Waals surface area (Å²) in [6.45, 7) is 2.05. The van der Waals surface area contributed by atoms with Gasteiger partial charge in [0.1, 0.15) is 18.2 Å². The highest BCUT2D eigenvalue weighted by Crippen LogP contribution is 2.18. The minimum atomic E-state index is -3.37. The molecule has 0 spiro atoms. The van der Waals surface area contributed by atoms with Gasteiger partial charge in [0.2, 0.25) is 10.0 Å². The van der Waals surface area contributed by atoms with Crippen LogP contribution in [-0.4, -0.2) is 66.4 Å². The number of benzene rings is 1. The summed E-state index contributed by atoms with van der Waals surface area (Å²) < 4.78 is 32.3. The minimum absolute atomic E-state index is 0.0460. The molecule has 2 aromatic heterocycles. The van der Waals surface area contributed by atoms with Gasteiger partial charge >= 0.3 is 0 Å². The lowest BCUT2D eigenvalue weighted by Crippen LogP contribution is -2.50. The number of sulfonamides is 1. The fourth-order valence-corrected chi connectivity index (χ4v) is 4.51. The third kappa shape index (κ3) is 5.68. The van der Waals surface area contributed by atoms with Crippen LogP contribution < -0.4 is 15.0 Å². The van der Waals surface area contributed by atoms with Crippen molar-refractivity contribution < 1.29 is 13.2 Å². The largest absolute Gasteiger partial charge is 0.492 e. The smallest absolute Gasteiger partial charge is 0.217 e. The lowest BCUT2D eigenvalue weighted by molar-refractivity contribution is 0.331. The van der Waals surface area contributed by atoms with Crippen molar-refractivity contribution in [3.8, 4) is 5.75 Å². The summed E-state index contributed by atoms with van der Waals surface area (Å²) in [5.41, 5.74) is 0. The van der Waals surface area contributed by atoms with E-state index >= 15 is 0 Å². The van der Waals surface area contributed by atoms with Gasteiger partial charge < -0.3 is 15.0 Å². The Balaban J connectivity index is 1.26. The van der Waals surface area contributed by atoms with Crippen LogP contribution in [-0.2, 0) is 10.0 Å². The van der Waals surface area contributed by atoms with Gasteiger partial charge in [0.05, 0.1) is 5.75 Å². The zero-order valence-corrected chi connectivity index (χ0v) is 17.8. The van der Waals surface area contributed by atoms with Crippen molar-refractivity contribution in [1.29, 1.82) is 0 Å². The Morgan fingerprint density at radius 2 is 1.65 bits per heavy atom. The number of rotatable bonds is 8. The highest BCUT2D eigenvalue weighted by molar-refractivity contribution is 7.89. The van der Waals surface area contributed by atoms with E-state index in [9.17, 15) is 8.42 Å². The van der Waals surface area contributed by atoms with Gasteiger partial charge in [0.15, 0.2) is 11.6 Å². The number of aromatic nitrogens is 3. The van der Waals surface area contributed by atoms with E-state index in [2.05, 4.69) is 20.5 Å². The molecule has 0 aliphatic carbocycles. The van der Waals surface area contributed by atoms with Gasteiger partial charge in [-0.3, -0.25) is 0 Å². The Morgan fingerprint density at radius 3 is 2.32 bits per heavy atom. The van der Waals surface area contributed by atoms with Crippen molar-refractivity contribution in [2.45, 2.75) is 0 Å². The molecule has 10 heteroatoms. The molecular weight excluding hydrogens is 416 g/mol. The summed E-state index contributed by atoms with van der Waals surface area (Å²) in [5.74, 6) is 2.63. The highest BCUT2D eigenvalue weighted by Gasteiger charge is 2.27. The van der Waals surface area contributed by atoms with E-state index in [0.29, 0.717) is 43.6 Å². The van der Waals surface area contributed by atoms with Gasteiger partial charge in [-0.2, -0.15) is 4.31 Å². The molecule has 3 heterocycles. The van der Waals surface area contributed by atoms with Gasteiger partial charge in [0, 0.05) is 32.4 Å². The van der Waals surface area contributed by atoms with E-state index < -0.39 is 10.0 Å². The van der Waals surface area contributed by atoms with E-state index in [-0.39, 0.29) is 12.4 Å². The SMILES string of the molecule is O=S(=O)(CCOc1ccccc1)N1CCN(c2ccc(Nc3ccccn3)nn2)CC1. The van der Waals surface area contributed by atoms with E-state index in [1.165, 1.54) is 4.31 Å². The van der Waals surface area contributed by atoms with Crippen LogP contribution in [0.2, 0.25) is 0 Å². The van der Waals surface area contributed by atoms with Gasteiger partial charge in [-0.05, 0) is 36.4 Å². The average Bonchev–Trinajstić information content (AvgIpc) is 2.81. The maximum atomic E-state index is 12.6. The quantitative estimate of drug-likeness (QED) is 0.569. The molecule has 0 saturated carbocycles. The minimum Gasteiger partial charge on any atom is -0.492 e. The molecule has 4 rings (SSSR count). The molecule has 162 valence electrons. The van der Waals surface area contributed by atoms with Crippen molar-refractivity contribution in [2.24, 2.45) is 0 Å². The number of pyridine rings is 1. The lowest BCUT2D eigenvalue weighted by Gasteiger charge is -2.34. The number of para-hydroxylation sites is 1. The second-order valence-electron chi connectivity index (χ2n) is 6.98. The molecule has 0 unspecified atom stereocenters. The maximum absolute atomic E-state index is 12.6. The second-order valence-corrected chi connectivity index (χ2v) is 9.07. The van der Waals surface area contributed by atoms with E-state index in [0.717, 1.165) is 5.82 Å². The molecule has 1 saturated heterocycles. The van der Waals surface area contributed by atoms with Crippen LogP contribution >= 0.6 is 0 Å². The topological polar surface area (TPSA) is 101 Å². The van der Waals surface area contributed by atoms with Crippen LogP contribution in [0.25, 0.3) is 0 Å². The normalized spacial score (nSPS) is 14.9. The Labute approximate surface area is 181 Å². The van der Waals surface area contributed by atoms with Gasteiger partial charge in [0.25, 0.3) is 0 Å². The first-order chi connectivity index (χ1) is 15.1. The monoisotopic (exact) mass is 440 g/mol. The maximum Gasteiger partial charge on any atom is 0.217 e. The van der Waals surface area contributed by atoms with E-state index in [1.807, 2.05) is 65.6 Å². The highest BCUT2D eigenvalue weighted by atomic mass is 32.2. The number of piperazine rings is 1. The van der Waals surface area contributed by atoms with Crippen molar-refractivity contribution in [3.05, 3.63) is 66.9 Å². The third-order valence-electron chi connectivity index (χ3n) is 4.88. The lowest BCUT2D eigenvalue weighted by atomic mass is 10.3. The van der Waals surface area contributed by atoms with Crippen LogP contribution in [0.4, 0.5) is 17.5 Å². The van der Waals surface area contributed by atoms with Crippen molar-refractivity contribution >= 4 is 27.5 Å². The van der Waals surface area contributed by atoms with Crippen LogP contribution in [0.5, 0.6) is 5.75 Å². The Bertz CT molecular complexity index is 1060. The molecule has 0 radical (unpaired) electrons. The fourth-order valence-electron chi connectivity index (χ4n) is 3.23. The molecule has 1 aliphatic rings. The number of nitrogens with zero attached hydrogens (tertiary/aromatic N) is 5. The van der Waals surface area contributed by atoms with Crippen LogP contribution in [0.15, 0.2) is 66.9 Å². The standard InChI is InChI=1S/C21H24N6O3S/c28-31(29,17-16-30-18-6-2-1-3-7-18)27-14-12-26(13-15-27)21-10-9-20(24-25-21)23-19-8-4-5-11-22-19/h1-11H,12-17H2,(H,22,23,24). The molecule has 9 nitrogen and oxygen atoms in total. The first kappa shape index (κ1) is 21.0. The summed E-state index contributed by atoms with van der Waals surface area (Å²) in [4.78, 5) is 6.23. The van der Waals surface area contributed by atoms with Crippen molar-refractivity contribution in [3.63, 3.8) is 0 Å². The van der Waals surface area contributed by atoms with Crippen molar-refractivity contribution in [2.75, 3.05) is 48.8 Å². The first-order valence-electron chi connectivity index (χ1n) is 10.0. The molecule has 3 aromatic rings. The average molecular weight is 441 g/mol. The summed E-state index contributed by atoms with van der Waals surface area (Å²) in [5, 5.41) is 11.6. The number of nitrogens with one attached hydrogen (secondary N) is 1. The Morgan fingerprint density at radius 1 is 0.871 bits per heavy atom. The third-order valence-corrected chi connectivity index (χ3v) is 6.72. The number of anilines is 3. The van der Waals surface area contributed by atoms with Crippen LogP contribution in [0.1, 0.15) is 0 Å². The molecule has 1 aliphatic heterocycles. The Hall–Kier alpha value is -3.24. The molecule has 31 heavy (non-hydrogen) atoms. The zero-order valence-electron chi connectivity index (χ0n) is 17.0. The molecule has 1 aromatic carbocycles. The fraction of sp³-hybridized carbons (Fsp3) is 0.286. The summed E-state index contributed by atoms with van der Waals surface area (Å²) in [6, 6.07) is 18.5. The Kier molecular flexibility index (Phi) is 6.58.